The van der Waals surface area contributed by atoms with Gasteiger partial charge in [-0.2, -0.15) is 0 Å². The van der Waals surface area contributed by atoms with Gasteiger partial charge in [-0.1, -0.05) is 192 Å². The zero-order chi connectivity index (χ0) is 43.7. The number of ether oxygens (including phenoxy) is 4. The molecule has 60 heavy (non-hydrogen) atoms. The summed E-state index contributed by atoms with van der Waals surface area (Å²) in [5, 5.41) is 40.2. The minimum atomic E-state index is -1.59. The molecule has 0 spiro atoms. The van der Waals surface area contributed by atoms with Crippen LogP contribution in [0.4, 0.5) is 0 Å². The first-order chi connectivity index (χ1) is 29.3. The predicted molar refractivity (Wildman–Crippen MR) is 243 cm³/mol. The molecule has 352 valence electrons. The van der Waals surface area contributed by atoms with E-state index in [4.69, 9.17) is 18.9 Å². The third kappa shape index (κ3) is 31.9. The molecule has 4 N–H and O–H groups in total. The molecule has 6 atom stereocenters. The second kappa shape index (κ2) is 41.2. The average molecular weight is 853 g/mol. The number of aliphatic hydroxyl groups is 4. The molecule has 1 rings (SSSR count). The first-order valence-electron chi connectivity index (χ1n) is 24.9. The molecule has 0 amide bonds. The summed E-state index contributed by atoms with van der Waals surface area (Å²) in [4.78, 5) is 25.4. The lowest BCUT2D eigenvalue weighted by atomic mass is 9.99. The highest BCUT2D eigenvalue weighted by Crippen LogP contribution is 2.23. The van der Waals surface area contributed by atoms with Crippen molar-refractivity contribution < 1.29 is 49.0 Å². The van der Waals surface area contributed by atoms with Crippen molar-refractivity contribution in [2.75, 3.05) is 19.8 Å². The molecule has 0 radical (unpaired) electrons. The van der Waals surface area contributed by atoms with E-state index in [1.54, 1.807) is 0 Å². The summed E-state index contributed by atoms with van der Waals surface area (Å²) in [5.41, 5.74) is 0. The van der Waals surface area contributed by atoms with Crippen molar-refractivity contribution in [3.8, 4) is 0 Å². The van der Waals surface area contributed by atoms with Crippen LogP contribution in [0.5, 0.6) is 0 Å². The van der Waals surface area contributed by atoms with Crippen LogP contribution in [0, 0.1) is 0 Å². The molecule has 0 bridgehead atoms. The van der Waals surface area contributed by atoms with Crippen molar-refractivity contribution in [2.45, 2.75) is 263 Å². The molecule has 0 aliphatic carbocycles. The Hall–Kier alpha value is -1.82. The fourth-order valence-electron chi connectivity index (χ4n) is 7.63. The van der Waals surface area contributed by atoms with E-state index in [-0.39, 0.29) is 32.0 Å². The smallest absolute Gasteiger partial charge is 0.306 e. The van der Waals surface area contributed by atoms with Crippen molar-refractivity contribution >= 4 is 11.9 Å². The lowest BCUT2D eigenvalue weighted by molar-refractivity contribution is -0.305. The lowest BCUT2D eigenvalue weighted by Gasteiger charge is -2.39. The SMILES string of the molecule is CCCCC/C=C/C/C=C/CCCCCCCC(=O)OC[C@H](CO[C@@H]1O[C@H](CO)[C@H](O)C(O)C1O)OC(=O)CCCCCCCCCCCCCCCCCCCCCC. The number of allylic oxidation sites excluding steroid dienone is 4. The highest BCUT2D eigenvalue weighted by atomic mass is 16.7. The van der Waals surface area contributed by atoms with Crippen LogP contribution in [0.2, 0.25) is 0 Å². The molecule has 2 unspecified atom stereocenters. The highest BCUT2D eigenvalue weighted by Gasteiger charge is 2.44. The summed E-state index contributed by atoms with van der Waals surface area (Å²) in [7, 11) is 0. The van der Waals surface area contributed by atoms with Crippen molar-refractivity contribution in [3.63, 3.8) is 0 Å². The van der Waals surface area contributed by atoms with Crippen molar-refractivity contribution in [3.05, 3.63) is 24.3 Å². The van der Waals surface area contributed by atoms with E-state index < -0.39 is 49.4 Å². The molecule has 0 aromatic rings. The Labute approximate surface area is 366 Å². The quantitative estimate of drug-likeness (QED) is 0.0265. The second-order valence-corrected chi connectivity index (χ2v) is 17.3. The number of rotatable bonds is 42. The topological polar surface area (TPSA) is 152 Å². The van der Waals surface area contributed by atoms with Crippen LogP contribution in [-0.2, 0) is 28.5 Å². The molecule has 1 saturated heterocycles. The van der Waals surface area contributed by atoms with Gasteiger partial charge in [0, 0.05) is 12.8 Å². The molecule has 10 nitrogen and oxygen atoms in total. The average Bonchev–Trinajstić information content (AvgIpc) is 3.25. The van der Waals surface area contributed by atoms with E-state index in [0.717, 1.165) is 57.8 Å². The zero-order valence-corrected chi connectivity index (χ0v) is 38.5. The van der Waals surface area contributed by atoms with Gasteiger partial charge >= 0.3 is 11.9 Å². The van der Waals surface area contributed by atoms with E-state index in [2.05, 4.69) is 38.2 Å². The third-order valence-corrected chi connectivity index (χ3v) is 11.6. The Bertz CT molecular complexity index is 1030. The van der Waals surface area contributed by atoms with Crippen LogP contribution < -0.4 is 0 Å². The van der Waals surface area contributed by atoms with Crippen molar-refractivity contribution in [1.29, 1.82) is 0 Å². The van der Waals surface area contributed by atoms with Crippen LogP contribution in [0.1, 0.15) is 226 Å². The number of esters is 2. The third-order valence-electron chi connectivity index (χ3n) is 11.6. The van der Waals surface area contributed by atoms with Gasteiger partial charge in [-0.25, -0.2) is 0 Å². The number of hydrogen-bond donors (Lipinski definition) is 4. The molecule has 1 aliphatic rings. The van der Waals surface area contributed by atoms with Crippen molar-refractivity contribution in [2.24, 2.45) is 0 Å². The lowest BCUT2D eigenvalue weighted by Crippen LogP contribution is -2.59. The van der Waals surface area contributed by atoms with Gasteiger partial charge in [0.1, 0.15) is 31.0 Å². The Morgan fingerprint density at radius 2 is 0.933 bits per heavy atom. The van der Waals surface area contributed by atoms with E-state index in [1.165, 1.54) is 128 Å². The van der Waals surface area contributed by atoms with E-state index in [9.17, 15) is 30.0 Å². The molecule has 1 heterocycles. The van der Waals surface area contributed by atoms with Crippen molar-refractivity contribution in [1.82, 2.24) is 0 Å². The number of carbonyl (C=O) groups is 2. The molecule has 0 saturated carbocycles. The summed E-state index contributed by atoms with van der Waals surface area (Å²) in [6, 6.07) is 0. The van der Waals surface area contributed by atoms with Crippen LogP contribution >= 0.6 is 0 Å². The summed E-state index contributed by atoms with van der Waals surface area (Å²) in [6.45, 7) is 3.41. The maximum Gasteiger partial charge on any atom is 0.306 e. The van der Waals surface area contributed by atoms with Gasteiger partial charge in [-0.15, -0.1) is 0 Å². The standard InChI is InChI=1S/C50H92O10/c1-3-5-7-9-11-13-15-17-19-20-21-22-23-25-27-29-31-33-35-37-39-46(53)59-43(42-58-50-49(56)48(55)47(54)44(40-51)60-50)41-57-45(52)38-36-34-32-30-28-26-24-18-16-14-12-10-8-6-4-2/h12,14,18,24,43-44,47-51,54-56H,3-11,13,15-17,19-23,25-42H2,1-2H3/b14-12+,24-18+/t43-,44-,47+,48?,49?,50-/m1/s1. The van der Waals surface area contributed by atoms with Crippen LogP contribution in [-0.4, -0.2) is 89.0 Å². The Kier molecular flexibility index (Phi) is 38.6. The maximum absolute atomic E-state index is 12.8. The second-order valence-electron chi connectivity index (χ2n) is 17.3. The molecular formula is C50H92O10. The highest BCUT2D eigenvalue weighted by molar-refractivity contribution is 5.70. The molecule has 1 aliphatic heterocycles. The first kappa shape index (κ1) is 56.2. The molecule has 0 aromatic heterocycles. The number of hydrogen-bond acceptors (Lipinski definition) is 10. The van der Waals surface area contributed by atoms with Crippen LogP contribution in [0.3, 0.4) is 0 Å². The Balaban J connectivity index is 2.27. The largest absolute Gasteiger partial charge is 0.462 e. The van der Waals surface area contributed by atoms with Crippen LogP contribution in [0.25, 0.3) is 0 Å². The molecule has 10 heteroatoms. The monoisotopic (exact) mass is 853 g/mol. The summed E-state index contributed by atoms with van der Waals surface area (Å²) in [5.74, 6) is -0.812. The van der Waals surface area contributed by atoms with Crippen LogP contribution in [0.15, 0.2) is 24.3 Å². The molecular weight excluding hydrogens is 761 g/mol. The predicted octanol–water partition coefficient (Wildman–Crippen LogP) is 11.3. The number of unbranched alkanes of at least 4 members (excludes halogenated alkanes) is 27. The van der Waals surface area contributed by atoms with Gasteiger partial charge in [0.15, 0.2) is 12.4 Å². The van der Waals surface area contributed by atoms with E-state index in [0.29, 0.717) is 12.8 Å². The summed E-state index contributed by atoms with van der Waals surface area (Å²) in [6.07, 6.45) is 39.0. The zero-order valence-electron chi connectivity index (χ0n) is 38.5. The summed E-state index contributed by atoms with van der Waals surface area (Å²) < 4.78 is 22.2. The summed E-state index contributed by atoms with van der Waals surface area (Å²) >= 11 is 0. The first-order valence-corrected chi connectivity index (χ1v) is 24.9. The minimum Gasteiger partial charge on any atom is -0.462 e. The van der Waals surface area contributed by atoms with E-state index in [1.807, 2.05) is 0 Å². The van der Waals surface area contributed by atoms with E-state index >= 15 is 0 Å². The maximum atomic E-state index is 12.8. The molecule has 0 aromatic carbocycles. The van der Waals surface area contributed by atoms with Gasteiger partial charge in [-0.3, -0.25) is 9.59 Å². The van der Waals surface area contributed by atoms with Gasteiger partial charge in [0.2, 0.25) is 0 Å². The fourth-order valence-corrected chi connectivity index (χ4v) is 7.63. The normalized spacial score (nSPS) is 20.0. The van der Waals surface area contributed by atoms with Gasteiger partial charge in [0.25, 0.3) is 0 Å². The number of aliphatic hydroxyl groups excluding tert-OH is 4. The fraction of sp³-hybridized carbons (Fsp3) is 0.880. The Morgan fingerprint density at radius 1 is 0.517 bits per heavy atom. The number of carbonyl (C=O) groups excluding carboxylic acids is 2. The molecule has 1 fully saturated rings. The van der Waals surface area contributed by atoms with Gasteiger partial charge in [0.05, 0.1) is 13.2 Å². The van der Waals surface area contributed by atoms with Gasteiger partial charge < -0.3 is 39.4 Å². The Morgan fingerprint density at radius 3 is 1.42 bits per heavy atom. The van der Waals surface area contributed by atoms with Gasteiger partial charge in [-0.05, 0) is 44.9 Å². The minimum absolute atomic E-state index is 0.221.